The van der Waals surface area contributed by atoms with E-state index in [0.717, 1.165) is 43.9 Å². The first-order valence-electron chi connectivity index (χ1n) is 7.79. The second kappa shape index (κ2) is 6.83. The van der Waals surface area contributed by atoms with Gasteiger partial charge in [-0.15, -0.1) is 0 Å². The summed E-state index contributed by atoms with van der Waals surface area (Å²) in [5.41, 5.74) is 1.22. The Bertz CT molecular complexity index is 662. The maximum Gasteiger partial charge on any atom is 0.339 e. The Kier molecular flexibility index (Phi) is 4.62. The topological polar surface area (TPSA) is 78.5 Å². The Morgan fingerprint density at radius 3 is 2.83 bits per heavy atom. The number of imidazole rings is 1. The number of carboxylic acid groups (broad SMARTS) is 1. The van der Waals surface area contributed by atoms with Crippen LogP contribution in [-0.2, 0) is 6.54 Å². The van der Waals surface area contributed by atoms with Crippen LogP contribution < -0.4 is 4.74 Å². The molecule has 2 heterocycles. The number of aromatic carboxylic acids is 1. The number of piperidine rings is 1. The average Bonchev–Trinajstić information content (AvgIpc) is 3.10. The van der Waals surface area contributed by atoms with Gasteiger partial charge in [-0.05, 0) is 43.6 Å². The van der Waals surface area contributed by atoms with E-state index in [0.29, 0.717) is 11.7 Å². The molecule has 0 spiro atoms. The van der Waals surface area contributed by atoms with Crippen LogP contribution in [0.2, 0.25) is 0 Å². The van der Waals surface area contributed by atoms with Crippen LogP contribution in [0.25, 0.3) is 0 Å². The molecule has 6 nitrogen and oxygen atoms in total. The maximum absolute atomic E-state index is 11.3. The summed E-state index contributed by atoms with van der Waals surface area (Å²) in [6.45, 7) is 2.73. The van der Waals surface area contributed by atoms with Crippen LogP contribution in [0.5, 0.6) is 5.75 Å². The van der Waals surface area contributed by atoms with Crippen molar-refractivity contribution in [3.05, 3.63) is 47.5 Å². The van der Waals surface area contributed by atoms with E-state index in [9.17, 15) is 9.90 Å². The quantitative estimate of drug-likeness (QED) is 0.886. The van der Waals surface area contributed by atoms with Gasteiger partial charge in [-0.3, -0.25) is 4.90 Å². The molecular formula is C17H21N3O3. The number of benzene rings is 1. The highest BCUT2D eigenvalue weighted by Gasteiger charge is 2.22. The molecule has 2 N–H and O–H groups in total. The lowest BCUT2D eigenvalue weighted by Crippen LogP contribution is -2.32. The normalized spacial score (nSPS) is 16.4. The fraction of sp³-hybridized carbons (Fsp3) is 0.412. The second-order valence-electron chi connectivity index (χ2n) is 5.86. The molecule has 122 valence electrons. The zero-order chi connectivity index (χ0) is 16.2. The summed E-state index contributed by atoms with van der Waals surface area (Å²) in [5.74, 6) is 1.01. The summed E-state index contributed by atoms with van der Waals surface area (Å²) < 4.78 is 5.10. The van der Waals surface area contributed by atoms with E-state index < -0.39 is 5.97 Å². The molecule has 2 aromatic rings. The number of aromatic nitrogens is 2. The van der Waals surface area contributed by atoms with E-state index in [1.54, 1.807) is 18.3 Å². The molecule has 1 saturated heterocycles. The van der Waals surface area contributed by atoms with Gasteiger partial charge in [-0.25, -0.2) is 9.78 Å². The molecule has 1 fully saturated rings. The zero-order valence-corrected chi connectivity index (χ0v) is 13.2. The number of hydrogen-bond acceptors (Lipinski definition) is 4. The molecule has 0 amide bonds. The molecule has 1 aliphatic heterocycles. The van der Waals surface area contributed by atoms with Gasteiger partial charge >= 0.3 is 5.97 Å². The number of carboxylic acids is 1. The number of likely N-dealkylation sites (tertiary alicyclic amines) is 1. The number of carbonyl (C=O) groups is 1. The lowest BCUT2D eigenvalue weighted by molar-refractivity contribution is 0.0693. The van der Waals surface area contributed by atoms with E-state index in [4.69, 9.17) is 4.74 Å². The van der Waals surface area contributed by atoms with Gasteiger partial charge in [0.2, 0.25) is 0 Å². The first-order valence-corrected chi connectivity index (χ1v) is 7.79. The van der Waals surface area contributed by atoms with E-state index in [1.807, 2.05) is 12.3 Å². The van der Waals surface area contributed by atoms with Gasteiger partial charge in [0.15, 0.2) is 0 Å². The van der Waals surface area contributed by atoms with Crippen molar-refractivity contribution in [1.29, 1.82) is 0 Å². The van der Waals surface area contributed by atoms with Crippen molar-refractivity contribution in [2.45, 2.75) is 25.3 Å². The fourth-order valence-corrected chi connectivity index (χ4v) is 3.14. The molecule has 23 heavy (non-hydrogen) atoms. The van der Waals surface area contributed by atoms with Crippen molar-refractivity contribution in [1.82, 2.24) is 14.9 Å². The first-order chi connectivity index (χ1) is 11.2. The molecule has 0 unspecified atom stereocenters. The van der Waals surface area contributed by atoms with Gasteiger partial charge < -0.3 is 14.8 Å². The Morgan fingerprint density at radius 2 is 2.22 bits per heavy atom. The number of nitrogens with one attached hydrogen (secondary N) is 1. The van der Waals surface area contributed by atoms with Crippen LogP contribution in [0.3, 0.4) is 0 Å². The number of hydrogen-bond donors (Lipinski definition) is 2. The van der Waals surface area contributed by atoms with E-state index in [2.05, 4.69) is 14.9 Å². The van der Waals surface area contributed by atoms with Crippen molar-refractivity contribution in [2.75, 3.05) is 20.2 Å². The molecular weight excluding hydrogens is 294 g/mol. The number of H-pyrrole nitrogens is 1. The molecule has 0 aliphatic carbocycles. The molecule has 3 rings (SSSR count). The summed E-state index contributed by atoms with van der Waals surface area (Å²) in [7, 11) is 1.49. The molecule has 0 atom stereocenters. The first kappa shape index (κ1) is 15.6. The summed E-state index contributed by atoms with van der Waals surface area (Å²) >= 11 is 0. The lowest BCUT2D eigenvalue weighted by atomic mass is 9.95. The van der Waals surface area contributed by atoms with Crippen LogP contribution >= 0.6 is 0 Å². The van der Waals surface area contributed by atoms with Crippen molar-refractivity contribution < 1.29 is 14.6 Å². The highest BCUT2D eigenvalue weighted by molar-refractivity contribution is 5.91. The third kappa shape index (κ3) is 3.53. The molecule has 0 saturated carbocycles. The van der Waals surface area contributed by atoms with Crippen molar-refractivity contribution in [2.24, 2.45) is 0 Å². The van der Waals surface area contributed by atoms with Crippen molar-refractivity contribution in [3.8, 4) is 5.75 Å². The number of rotatable bonds is 5. The largest absolute Gasteiger partial charge is 0.496 e. The number of ether oxygens (including phenoxy) is 1. The minimum Gasteiger partial charge on any atom is -0.496 e. The highest BCUT2D eigenvalue weighted by atomic mass is 16.5. The van der Waals surface area contributed by atoms with Crippen LogP contribution in [-0.4, -0.2) is 46.1 Å². The van der Waals surface area contributed by atoms with Gasteiger partial charge in [0.05, 0.1) is 7.11 Å². The predicted molar refractivity (Wildman–Crippen MR) is 85.8 cm³/mol. The summed E-state index contributed by atoms with van der Waals surface area (Å²) in [6, 6.07) is 5.37. The maximum atomic E-state index is 11.3. The molecule has 1 aromatic carbocycles. The average molecular weight is 315 g/mol. The molecule has 1 aliphatic rings. The minimum absolute atomic E-state index is 0.218. The Labute approximate surface area is 135 Å². The van der Waals surface area contributed by atoms with Crippen molar-refractivity contribution in [3.63, 3.8) is 0 Å². The van der Waals surface area contributed by atoms with Crippen molar-refractivity contribution >= 4 is 5.97 Å². The van der Waals surface area contributed by atoms with Gasteiger partial charge in [-0.1, -0.05) is 6.07 Å². The summed E-state index contributed by atoms with van der Waals surface area (Å²) in [4.78, 5) is 21.2. The Balaban J connectivity index is 1.62. The second-order valence-corrected chi connectivity index (χ2v) is 5.86. The predicted octanol–water partition coefficient (Wildman–Crippen LogP) is 2.50. The molecule has 0 radical (unpaired) electrons. The third-order valence-corrected chi connectivity index (χ3v) is 4.39. The molecule has 1 aromatic heterocycles. The van der Waals surface area contributed by atoms with E-state index >= 15 is 0 Å². The molecule has 6 heteroatoms. The van der Waals surface area contributed by atoms with E-state index in [-0.39, 0.29) is 5.56 Å². The van der Waals surface area contributed by atoms with Gasteiger partial charge in [0.25, 0.3) is 0 Å². The van der Waals surface area contributed by atoms with Gasteiger partial charge in [0, 0.05) is 24.9 Å². The highest BCUT2D eigenvalue weighted by Crippen LogP contribution is 2.27. The molecule has 0 bridgehead atoms. The zero-order valence-electron chi connectivity index (χ0n) is 13.2. The number of nitrogens with zero attached hydrogens (tertiary/aromatic N) is 2. The van der Waals surface area contributed by atoms with Gasteiger partial charge in [0.1, 0.15) is 17.1 Å². The number of aromatic amines is 1. The monoisotopic (exact) mass is 315 g/mol. The smallest absolute Gasteiger partial charge is 0.339 e. The van der Waals surface area contributed by atoms with Crippen LogP contribution in [0, 0.1) is 0 Å². The lowest BCUT2D eigenvalue weighted by Gasteiger charge is -2.31. The van der Waals surface area contributed by atoms with E-state index in [1.165, 1.54) is 7.11 Å². The fourth-order valence-electron chi connectivity index (χ4n) is 3.14. The Hall–Kier alpha value is -2.34. The SMILES string of the molecule is COc1ccc(CN2CCC(c3ncc[nH]3)CC2)cc1C(=O)O. The summed E-state index contributed by atoms with van der Waals surface area (Å²) in [6.07, 6.45) is 5.80. The summed E-state index contributed by atoms with van der Waals surface area (Å²) in [5, 5.41) is 9.26. The van der Waals surface area contributed by atoms with Crippen LogP contribution in [0.1, 0.15) is 40.5 Å². The van der Waals surface area contributed by atoms with Crippen LogP contribution in [0.4, 0.5) is 0 Å². The van der Waals surface area contributed by atoms with Gasteiger partial charge in [-0.2, -0.15) is 0 Å². The van der Waals surface area contributed by atoms with Crippen LogP contribution in [0.15, 0.2) is 30.6 Å². The third-order valence-electron chi connectivity index (χ3n) is 4.39. The number of methoxy groups -OCH3 is 1. The Morgan fingerprint density at radius 1 is 1.43 bits per heavy atom. The minimum atomic E-state index is -0.958. The standard InChI is InChI=1S/C17H21N3O3/c1-23-15-3-2-12(10-14(15)17(21)22)11-20-8-4-13(5-9-20)16-18-6-7-19-16/h2-3,6-7,10,13H,4-5,8-9,11H2,1H3,(H,18,19)(H,21,22).